The standard InChI is InChI=1S/C14H13F2N3O2/c15-11-2-1-10(5-12(11)16)14(21)18-6-9-7-19(8-9)13(20)3-4-17/h1-2,5,9H,3,6-8H2,(H,18,21). The highest BCUT2D eigenvalue weighted by Gasteiger charge is 2.30. The average Bonchev–Trinajstić information content (AvgIpc) is 2.40. The molecule has 0 aliphatic carbocycles. The molecule has 2 rings (SSSR count). The highest BCUT2D eigenvalue weighted by Crippen LogP contribution is 2.16. The molecular weight excluding hydrogens is 280 g/mol. The number of rotatable bonds is 4. The molecule has 1 N–H and O–H groups in total. The van der Waals surface area contributed by atoms with E-state index >= 15 is 0 Å². The van der Waals surface area contributed by atoms with Crippen molar-refractivity contribution in [1.82, 2.24) is 10.2 Å². The van der Waals surface area contributed by atoms with Gasteiger partial charge in [-0.25, -0.2) is 8.78 Å². The molecule has 21 heavy (non-hydrogen) atoms. The molecule has 110 valence electrons. The van der Waals surface area contributed by atoms with Gasteiger partial charge in [0.1, 0.15) is 6.42 Å². The molecule has 0 saturated carbocycles. The summed E-state index contributed by atoms with van der Waals surface area (Å²) in [5.41, 5.74) is 0.0469. The largest absolute Gasteiger partial charge is 0.352 e. The van der Waals surface area contributed by atoms with Crippen LogP contribution in [0.1, 0.15) is 16.8 Å². The first kappa shape index (κ1) is 14.9. The smallest absolute Gasteiger partial charge is 0.251 e. The van der Waals surface area contributed by atoms with Gasteiger partial charge in [-0.2, -0.15) is 5.26 Å². The molecule has 0 aromatic heterocycles. The molecule has 7 heteroatoms. The Balaban J connectivity index is 1.77. The lowest BCUT2D eigenvalue weighted by atomic mass is 9.99. The fourth-order valence-corrected chi connectivity index (χ4v) is 2.06. The average molecular weight is 293 g/mol. The van der Waals surface area contributed by atoms with Crippen molar-refractivity contribution in [3.05, 3.63) is 35.4 Å². The molecular formula is C14H13F2N3O2. The Bertz CT molecular complexity index is 607. The van der Waals surface area contributed by atoms with Gasteiger partial charge in [-0.1, -0.05) is 0 Å². The Hall–Kier alpha value is -2.49. The van der Waals surface area contributed by atoms with Gasteiger partial charge in [0.15, 0.2) is 11.6 Å². The first-order valence-electron chi connectivity index (χ1n) is 6.39. The maximum atomic E-state index is 13.0. The van der Waals surface area contributed by atoms with Crippen LogP contribution in [0, 0.1) is 28.9 Å². The summed E-state index contributed by atoms with van der Waals surface area (Å²) in [7, 11) is 0. The Labute approximate surface area is 120 Å². The van der Waals surface area contributed by atoms with Gasteiger partial charge in [-0.3, -0.25) is 9.59 Å². The molecule has 0 atom stereocenters. The fraction of sp³-hybridized carbons (Fsp3) is 0.357. The molecule has 1 heterocycles. The summed E-state index contributed by atoms with van der Waals surface area (Å²) in [6.45, 7) is 1.31. The van der Waals surface area contributed by atoms with E-state index in [-0.39, 0.29) is 23.8 Å². The summed E-state index contributed by atoms with van der Waals surface area (Å²) < 4.78 is 25.8. The molecule has 1 aliphatic rings. The van der Waals surface area contributed by atoms with Crippen LogP contribution in [-0.4, -0.2) is 36.3 Å². The van der Waals surface area contributed by atoms with Crippen LogP contribution in [0.5, 0.6) is 0 Å². The summed E-state index contributed by atoms with van der Waals surface area (Å²) in [5.74, 6) is -2.67. The lowest BCUT2D eigenvalue weighted by Gasteiger charge is -2.39. The summed E-state index contributed by atoms with van der Waals surface area (Å²) in [4.78, 5) is 24.6. The number of nitriles is 1. The zero-order valence-corrected chi connectivity index (χ0v) is 11.1. The Morgan fingerprint density at radius 1 is 1.33 bits per heavy atom. The first-order chi connectivity index (χ1) is 10.0. The second kappa shape index (κ2) is 6.31. The monoisotopic (exact) mass is 293 g/mol. The van der Waals surface area contributed by atoms with E-state index in [0.717, 1.165) is 12.1 Å². The SMILES string of the molecule is N#CCC(=O)N1CC(CNC(=O)c2ccc(F)c(F)c2)C1. The van der Waals surface area contributed by atoms with E-state index in [9.17, 15) is 18.4 Å². The van der Waals surface area contributed by atoms with Gasteiger partial charge in [0.25, 0.3) is 5.91 Å². The van der Waals surface area contributed by atoms with Crippen LogP contribution in [-0.2, 0) is 4.79 Å². The number of amides is 2. The first-order valence-corrected chi connectivity index (χ1v) is 6.39. The molecule has 5 nitrogen and oxygen atoms in total. The molecule has 1 aliphatic heterocycles. The van der Waals surface area contributed by atoms with E-state index in [0.29, 0.717) is 19.6 Å². The minimum atomic E-state index is -1.07. The second-order valence-electron chi connectivity index (χ2n) is 4.84. The van der Waals surface area contributed by atoms with Crippen LogP contribution >= 0.6 is 0 Å². The van der Waals surface area contributed by atoms with Crippen LogP contribution in [0.25, 0.3) is 0 Å². The number of hydrogen-bond acceptors (Lipinski definition) is 3. The van der Waals surface area contributed by atoms with Crippen molar-refractivity contribution in [2.75, 3.05) is 19.6 Å². The zero-order valence-electron chi connectivity index (χ0n) is 11.1. The third kappa shape index (κ3) is 3.54. The number of carbonyl (C=O) groups excluding carboxylic acids is 2. The molecule has 1 aromatic rings. The van der Waals surface area contributed by atoms with Gasteiger partial charge in [0, 0.05) is 31.1 Å². The third-order valence-electron chi connectivity index (χ3n) is 3.27. The van der Waals surface area contributed by atoms with Crippen LogP contribution < -0.4 is 5.32 Å². The van der Waals surface area contributed by atoms with Crippen molar-refractivity contribution in [2.45, 2.75) is 6.42 Å². The van der Waals surface area contributed by atoms with Crippen molar-refractivity contribution in [1.29, 1.82) is 5.26 Å². The van der Waals surface area contributed by atoms with E-state index in [1.165, 1.54) is 11.0 Å². The third-order valence-corrected chi connectivity index (χ3v) is 3.27. The number of benzene rings is 1. The summed E-state index contributed by atoms with van der Waals surface area (Å²) in [5, 5.41) is 11.0. The van der Waals surface area contributed by atoms with E-state index < -0.39 is 17.5 Å². The normalized spacial score (nSPS) is 14.2. The fourth-order valence-electron chi connectivity index (χ4n) is 2.06. The molecule has 0 radical (unpaired) electrons. The van der Waals surface area contributed by atoms with Crippen LogP contribution in [0.2, 0.25) is 0 Å². The number of nitrogens with zero attached hydrogens (tertiary/aromatic N) is 2. The quantitative estimate of drug-likeness (QED) is 0.902. The van der Waals surface area contributed by atoms with Gasteiger partial charge in [0.05, 0.1) is 6.07 Å². The minimum Gasteiger partial charge on any atom is -0.352 e. The molecule has 0 spiro atoms. The predicted octanol–water partition coefficient (Wildman–Crippen LogP) is 1.07. The Kier molecular flexibility index (Phi) is 4.48. The lowest BCUT2D eigenvalue weighted by molar-refractivity contribution is -0.136. The van der Waals surface area contributed by atoms with Crippen LogP contribution in [0.15, 0.2) is 18.2 Å². The van der Waals surface area contributed by atoms with E-state index in [1.54, 1.807) is 6.07 Å². The van der Waals surface area contributed by atoms with Gasteiger partial charge in [-0.05, 0) is 18.2 Å². The number of halogens is 2. The topological polar surface area (TPSA) is 73.2 Å². The van der Waals surface area contributed by atoms with Crippen LogP contribution in [0.4, 0.5) is 8.78 Å². The highest BCUT2D eigenvalue weighted by molar-refractivity contribution is 5.94. The van der Waals surface area contributed by atoms with Crippen molar-refractivity contribution in [3.63, 3.8) is 0 Å². The van der Waals surface area contributed by atoms with E-state index in [2.05, 4.69) is 5.32 Å². The number of carbonyl (C=O) groups is 2. The maximum Gasteiger partial charge on any atom is 0.251 e. The summed E-state index contributed by atoms with van der Waals surface area (Å²) >= 11 is 0. The number of hydrogen-bond donors (Lipinski definition) is 1. The van der Waals surface area contributed by atoms with Crippen LogP contribution in [0.3, 0.4) is 0 Å². The van der Waals surface area contributed by atoms with Crippen molar-refractivity contribution >= 4 is 11.8 Å². The molecule has 1 saturated heterocycles. The molecule has 1 aromatic carbocycles. The van der Waals surface area contributed by atoms with E-state index in [1.807, 2.05) is 0 Å². The number of likely N-dealkylation sites (tertiary alicyclic amines) is 1. The molecule has 2 amide bonds. The number of nitrogens with one attached hydrogen (secondary N) is 1. The molecule has 0 unspecified atom stereocenters. The van der Waals surface area contributed by atoms with Crippen molar-refractivity contribution < 1.29 is 18.4 Å². The van der Waals surface area contributed by atoms with Gasteiger partial charge in [0.2, 0.25) is 5.91 Å². The molecule has 1 fully saturated rings. The minimum absolute atomic E-state index is 0.0469. The Morgan fingerprint density at radius 2 is 2.05 bits per heavy atom. The second-order valence-corrected chi connectivity index (χ2v) is 4.84. The van der Waals surface area contributed by atoms with Gasteiger partial charge >= 0.3 is 0 Å². The van der Waals surface area contributed by atoms with Gasteiger partial charge < -0.3 is 10.2 Å². The van der Waals surface area contributed by atoms with Crippen molar-refractivity contribution in [3.8, 4) is 6.07 Å². The predicted molar refractivity (Wildman–Crippen MR) is 69.0 cm³/mol. The van der Waals surface area contributed by atoms with E-state index in [4.69, 9.17) is 5.26 Å². The summed E-state index contributed by atoms with van der Waals surface area (Å²) in [6, 6.07) is 4.73. The lowest BCUT2D eigenvalue weighted by Crippen LogP contribution is -2.53. The molecule has 0 bridgehead atoms. The Morgan fingerprint density at radius 3 is 2.67 bits per heavy atom. The van der Waals surface area contributed by atoms with Crippen molar-refractivity contribution in [2.24, 2.45) is 5.92 Å². The zero-order chi connectivity index (χ0) is 15.4. The maximum absolute atomic E-state index is 13.0. The van der Waals surface area contributed by atoms with Gasteiger partial charge in [-0.15, -0.1) is 0 Å². The summed E-state index contributed by atoms with van der Waals surface area (Å²) in [6.07, 6.45) is -0.145. The highest BCUT2D eigenvalue weighted by atomic mass is 19.2.